The van der Waals surface area contributed by atoms with Crippen LogP contribution in [0.4, 0.5) is 0 Å². The number of aromatic nitrogens is 3. The second kappa shape index (κ2) is 7.90. The lowest BCUT2D eigenvalue weighted by Gasteiger charge is -2.39. The maximum Gasteiger partial charge on any atom is 0.254 e. The third-order valence-electron chi connectivity index (χ3n) is 6.57. The van der Waals surface area contributed by atoms with Crippen LogP contribution >= 0.6 is 0 Å². The maximum atomic E-state index is 13.8. The first-order chi connectivity index (χ1) is 15.4. The van der Waals surface area contributed by atoms with Crippen LogP contribution in [0.25, 0.3) is 22.2 Å². The molecule has 1 atom stereocenters. The molecule has 2 aromatic heterocycles. The number of amides is 1. The molecule has 1 aliphatic heterocycles. The summed E-state index contributed by atoms with van der Waals surface area (Å²) in [5.41, 5.74) is 7.39. The third-order valence-corrected chi connectivity index (χ3v) is 6.57. The van der Waals surface area contributed by atoms with E-state index in [0.29, 0.717) is 12.1 Å². The minimum absolute atomic E-state index is 0.0575. The van der Waals surface area contributed by atoms with Crippen molar-refractivity contribution in [3.8, 4) is 11.1 Å². The smallest absolute Gasteiger partial charge is 0.254 e. The molecule has 0 radical (unpaired) electrons. The number of aromatic amines is 1. The van der Waals surface area contributed by atoms with E-state index in [2.05, 4.69) is 64.9 Å². The number of fused-ring (bicyclic) bond motifs is 2. The highest BCUT2D eigenvalue weighted by atomic mass is 16.2. The zero-order chi connectivity index (χ0) is 22.3. The highest BCUT2D eigenvalue weighted by Gasteiger charge is 2.36. The molecule has 3 heterocycles. The fourth-order valence-electron chi connectivity index (χ4n) is 4.87. The number of nitrogens with one attached hydrogen (secondary N) is 1. The van der Waals surface area contributed by atoms with Gasteiger partial charge in [-0.1, -0.05) is 45.0 Å². The monoisotopic (exact) mass is 424 g/mol. The number of H-pyrrole nitrogens is 1. The van der Waals surface area contributed by atoms with Crippen molar-refractivity contribution in [2.75, 3.05) is 6.54 Å². The predicted molar refractivity (Wildman–Crippen MR) is 127 cm³/mol. The van der Waals surface area contributed by atoms with E-state index in [1.54, 1.807) is 12.5 Å². The molecule has 0 fully saturated rings. The Labute approximate surface area is 188 Å². The highest BCUT2D eigenvalue weighted by molar-refractivity contribution is 5.97. The molecule has 0 saturated carbocycles. The van der Waals surface area contributed by atoms with Gasteiger partial charge >= 0.3 is 0 Å². The van der Waals surface area contributed by atoms with Crippen molar-refractivity contribution in [1.29, 1.82) is 0 Å². The SMILES string of the molecule is CC(C)(C)C1Cc2cccc(-c3cccnc3)c2CCN1C(=O)c1ccc2[nH]cnc2c1. The Bertz CT molecular complexity index is 1270. The molecule has 0 bridgehead atoms. The molecule has 1 aliphatic rings. The molecule has 0 spiro atoms. The highest BCUT2D eigenvalue weighted by Crippen LogP contribution is 2.35. The summed E-state index contributed by atoms with van der Waals surface area (Å²) in [5.74, 6) is 0.0746. The Kier molecular flexibility index (Phi) is 5.04. The van der Waals surface area contributed by atoms with Crippen molar-refractivity contribution >= 4 is 16.9 Å². The Morgan fingerprint density at radius 1 is 1.12 bits per heavy atom. The van der Waals surface area contributed by atoms with Crippen LogP contribution in [0.1, 0.15) is 42.3 Å². The first-order valence-electron chi connectivity index (χ1n) is 11.2. The Hall–Kier alpha value is -3.47. The lowest BCUT2D eigenvalue weighted by molar-refractivity contribution is 0.0532. The van der Waals surface area contributed by atoms with Crippen LogP contribution in [0.15, 0.2) is 67.3 Å². The zero-order valence-electron chi connectivity index (χ0n) is 18.8. The van der Waals surface area contributed by atoms with Crippen LogP contribution < -0.4 is 0 Å². The van der Waals surface area contributed by atoms with Crippen molar-refractivity contribution in [2.45, 2.75) is 39.7 Å². The van der Waals surface area contributed by atoms with Crippen molar-refractivity contribution < 1.29 is 4.79 Å². The molecule has 32 heavy (non-hydrogen) atoms. The number of pyridine rings is 1. The van der Waals surface area contributed by atoms with Crippen LogP contribution in [0.2, 0.25) is 0 Å². The maximum absolute atomic E-state index is 13.8. The molecule has 1 amide bonds. The van der Waals surface area contributed by atoms with Gasteiger partial charge in [0.2, 0.25) is 0 Å². The quantitative estimate of drug-likeness (QED) is 0.476. The van der Waals surface area contributed by atoms with E-state index in [1.807, 2.05) is 30.5 Å². The van der Waals surface area contributed by atoms with Crippen LogP contribution in [0.5, 0.6) is 0 Å². The largest absolute Gasteiger partial charge is 0.345 e. The molecule has 5 rings (SSSR count). The normalized spacial score (nSPS) is 16.6. The summed E-state index contributed by atoms with van der Waals surface area (Å²) in [6.07, 6.45) is 7.05. The summed E-state index contributed by atoms with van der Waals surface area (Å²) in [6, 6.07) is 16.4. The second-order valence-corrected chi connectivity index (χ2v) is 9.65. The summed E-state index contributed by atoms with van der Waals surface area (Å²) in [6.45, 7) is 7.37. The number of rotatable bonds is 2. The number of benzene rings is 2. The van der Waals surface area contributed by atoms with E-state index >= 15 is 0 Å². The third kappa shape index (κ3) is 3.68. The van der Waals surface area contributed by atoms with Crippen LogP contribution in [0.3, 0.4) is 0 Å². The van der Waals surface area contributed by atoms with E-state index in [0.717, 1.165) is 29.4 Å². The molecule has 162 valence electrons. The van der Waals surface area contributed by atoms with Crippen molar-refractivity contribution in [1.82, 2.24) is 19.9 Å². The molecule has 5 nitrogen and oxygen atoms in total. The standard InChI is InChI=1S/C27H28N4O/c1-27(2,3)25-15-18-6-4-8-21(20-7-5-12-28-16-20)22(18)11-13-31(25)26(32)19-9-10-23-24(14-19)30-17-29-23/h4-10,12,14,16-17,25H,11,13,15H2,1-3H3,(H,29,30). The average Bonchev–Trinajstić information content (AvgIpc) is 3.16. The molecule has 2 aromatic carbocycles. The summed E-state index contributed by atoms with van der Waals surface area (Å²) < 4.78 is 0. The molecular weight excluding hydrogens is 396 g/mol. The van der Waals surface area contributed by atoms with Gasteiger partial charge in [-0.3, -0.25) is 9.78 Å². The van der Waals surface area contributed by atoms with E-state index in [-0.39, 0.29) is 17.4 Å². The Balaban J connectivity index is 1.55. The van der Waals surface area contributed by atoms with Crippen LogP contribution in [-0.4, -0.2) is 38.3 Å². The topological polar surface area (TPSA) is 61.9 Å². The van der Waals surface area contributed by atoms with Crippen molar-refractivity contribution in [2.24, 2.45) is 5.41 Å². The summed E-state index contributed by atoms with van der Waals surface area (Å²) in [7, 11) is 0. The second-order valence-electron chi connectivity index (χ2n) is 9.65. The van der Waals surface area contributed by atoms with E-state index in [1.165, 1.54) is 16.7 Å². The molecule has 1 unspecified atom stereocenters. The number of hydrogen-bond acceptors (Lipinski definition) is 3. The van der Waals surface area contributed by atoms with Gasteiger partial charge in [-0.25, -0.2) is 4.98 Å². The van der Waals surface area contributed by atoms with Gasteiger partial charge in [-0.15, -0.1) is 0 Å². The number of imidazole rings is 1. The summed E-state index contributed by atoms with van der Waals surface area (Å²) in [5, 5.41) is 0. The number of hydrogen-bond donors (Lipinski definition) is 1. The number of carbonyl (C=O) groups is 1. The predicted octanol–water partition coefficient (Wildman–Crippen LogP) is 5.28. The van der Waals surface area contributed by atoms with Gasteiger partial charge in [0, 0.05) is 36.1 Å². The van der Waals surface area contributed by atoms with Gasteiger partial charge < -0.3 is 9.88 Å². The fraction of sp³-hybridized carbons (Fsp3) is 0.296. The zero-order valence-corrected chi connectivity index (χ0v) is 18.8. The minimum Gasteiger partial charge on any atom is -0.345 e. The van der Waals surface area contributed by atoms with Gasteiger partial charge in [0.15, 0.2) is 0 Å². The number of carbonyl (C=O) groups excluding carboxylic acids is 1. The molecule has 0 saturated heterocycles. The van der Waals surface area contributed by atoms with E-state index in [9.17, 15) is 4.79 Å². The van der Waals surface area contributed by atoms with E-state index in [4.69, 9.17) is 0 Å². The van der Waals surface area contributed by atoms with Gasteiger partial charge in [-0.2, -0.15) is 0 Å². The average molecular weight is 425 g/mol. The van der Waals surface area contributed by atoms with Crippen molar-refractivity contribution in [3.05, 3.63) is 83.9 Å². The van der Waals surface area contributed by atoms with Gasteiger partial charge in [0.1, 0.15) is 0 Å². The molecule has 4 aromatic rings. The van der Waals surface area contributed by atoms with Crippen molar-refractivity contribution in [3.63, 3.8) is 0 Å². The van der Waals surface area contributed by atoms with Gasteiger partial charge in [0.05, 0.1) is 17.4 Å². The van der Waals surface area contributed by atoms with Crippen LogP contribution in [0, 0.1) is 5.41 Å². The lowest BCUT2D eigenvalue weighted by Crippen LogP contribution is -2.48. The molecular formula is C27H28N4O. The summed E-state index contributed by atoms with van der Waals surface area (Å²) >= 11 is 0. The van der Waals surface area contributed by atoms with Gasteiger partial charge in [-0.05, 0) is 59.2 Å². The molecule has 0 aliphatic carbocycles. The minimum atomic E-state index is -0.0575. The molecule has 5 heteroatoms. The lowest BCUT2D eigenvalue weighted by atomic mass is 9.81. The first-order valence-corrected chi connectivity index (χ1v) is 11.2. The summed E-state index contributed by atoms with van der Waals surface area (Å²) in [4.78, 5) is 27.6. The van der Waals surface area contributed by atoms with Crippen LogP contribution in [-0.2, 0) is 12.8 Å². The fourth-order valence-corrected chi connectivity index (χ4v) is 4.87. The van der Waals surface area contributed by atoms with E-state index < -0.39 is 0 Å². The molecule has 1 N–H and O–H groups in total. The number of nitrogens with zero attached hydrogens (tertiary/aromatic N) is 3. The van der Waals surface area contributed by atoms with Gasteiger partial charge in [0.25, 0.3) is 5.91 Å². The Morgan fingerprint density at radius 3 is 2.78 bits per heavy atom. The first kappa shape index (κ1) is 20.4. The Morgan fingerprint density at radius 2 is 2.00 bits per heavy atom.